The average molecular weight is 279 g/mol. The third-order valence-electron chi connectivity index (χ3n) is 3.86. The van der Waals surface area contributed by atoms with Gasteiger partial charge < -0.3 is 9.84 Å². The molecule has 0 aromatic heterocycles. The molecule has 0 atom stereocenters. The highest BCUT2D eigenvalue weighted by Gasteiger charge is 2.41. The number of ether oxygens (including phenoxy) is 1. The minimum atomic E-state index is -0.288. The van der Waals surface area contributed by atoms with Gasteiger partial charge in [0.1, 0.15) is 11.4 Å². The van der Waals surface area contributed by atoms with Crippen molar-refractivity contribution in [2.75, 3.05) is 23.0 Å². The van der Waals surface area contributed by atoms with E-state index >= 15 is 0 Å². The van der Waals surface area contributed by atoms with E-state index in [1.165, 1.54) is 0 Å². The van der Waals surface area contributed by atoms with Crippen molar-refractivity contribution in [1.82, 2.24) is 0 Å². The zero-order valence-electron chi connectivity index (χ0n) is 10.7. The number of anilines is 1. The van der Waals surface area contributed by atoms with Crippen molar-refractivity contribution < 1.29 is 14.6 Å². The van der Waals surface area contributed by atoms with Gasteiger partial charge in [-0.3, -0.25) is 4.90 Å². The number of thioether (sulfide) groups is 1. The summed E-state index contributed by atoms with van der Waals surface area (Å²) in [5.41, 5.74) is 0.459. The summed E-state index contributed by atoms with van der Waals surface area (Å²) in [6, 6.07) is 6.74. The van der Waals surface area contributed by atoms with Crippen molar-refractivity contribution >= 4 is 23.5 Å². The van der Waals surface area contributed by atoms with Crippen LogP contribution in [-0.4, -0.2) is 34.9 Å². The molecule has 1 amide bonds. The van der Waals surface area contributed by atoms with Gasteiger partial charge >= 0.3 is 6.09 Å². The van der Waals surface area contributed by atoms with Crippen LogP contribution in [0.3, 0.4) is 0 Å². The molecule has 1 spiro atoms. The summed E-state index contributed by atoms with van der Waals surface area (Å²) in [6.45, 7) is 0.660. The smallest absolute Gasteiger partial charge is 0.414 e. The van der Waals surface area contributed by atoms with Gasteiger partial charge in [0.05, 0.1) is 5.69 Å². The highest BCUT2D eigenvalue weighted by molar-refractivity contribution is 7.99. The lowest BCUT2D eigenvalue weighted by Gasteiger charge is -2.43. The van der Waals surface area contributed by atoms with Gasteiger partial charge in [0.2, 0.25) is 0 Å². The summed E-state index contributed by atoms with van der Waals surface area (Å²) in [5.74, 6) is 2.30. The molecule has 0 aliphatic carbocycles. The Morgan fingerprint density at radius 1 is 1.26 bits per heavy atom. The van der Waals surface area contributed by atoms with Crippen LogP contribution in [0.2, 0.25) is 0 Å². The predicted molar refractivity (Wildman–Crippen MR) is 75.8 cm³/mol. The zero-order valence-corrected chi connectivity index (χ0v) is 11.5. The van der Waals surface area contributed by atoms with Crippen molar-refractivity contribution in [3.8, 4) is 5.75 Å². The monoisotopic (exact) mass is 279 g/mol. The van der Waals surface area contributed by atoms with Crippen LogP contribution >= 0.6 is 11.8 Å². The summed E-state index contributed by atoms with van der Waals surface area (Å²) >= 11 is 1.92. The molecule has 3 rings (SSSR count). The topological polar surface area (TPSA) is 49.8 Å². The Hall–Kier alpha value is -1.36. The van der Waals surface area contributed by atoms with Gasteiger partial charge in [0, 0.05) is 19.0 Å². The van der Waals surface area contributed by atoms with Gasteiger partial charge in [-0.15, -0.1) is 0 Å². The summed E-state index contributed by atoms with van der Waals surface area (Å²) < 4.78 is 5.71. The number of carbonyl (C=O) groups excluding carboxylic acids is 1. The van der Waals surface area contributed by atoms with Crippen molar-refractivity contribution in [3.05, 3.63) is 24.3 Å². The Morgan fingerprint density at radius 2 is 2.05 bits per heavy atom. The predicted octanol–water partition coefficient (Wildman–Crippen LogP) is 3.00. The molecule has 0 radical (unpaired) electrons. The van der Waals surface area contributed by atoms with Crippen LogP contribution in [0.5, 0.6) is 5.75 Å². The number of phenolic OH excluding ortho intramolecular Hbond substituents is 1. The molecular weight excluding hydrogens is 262 g/mol. The molecule has 2 aliphatic heterocycles. The van der Waals surface area contributed by atoms with E-state index in [0.29, 0.717) is 12.2 Å². The standard InChI is InChI=1S/C14H17NO3S/c16-12-3-1-2-11(10-12)15-7-4-14(18-13(15)17)5-8-19-9-6-14/h1-3,10,16H,4-9H2. The molecule has 1 aromatic rings. The normalized spacial score (nSPS) is 22.3. The number of hydrogen-bond acceptors (Lipinski definition) is 4. The second-order valence-electron chi connectivity index (χ2n) is 5.08. The summed E-state index contributed by atoms with van der Waals surface area (Å²) in [6.07, 6.45) is 2.49. The van der Waals surface area contributed by atoms with E-state index in [9.17, 15) is 9.90 Å². The Bertz CT molecular complexity index is 485. The number of carbonyl (C=O) groups is 1. The highest BCUT2D eigenvalue weighted by Crippen LogP contribution is 2.38. The summed E-state index contributed by atoms with van der Waals surface area (Å²) in [5, 5.41) is 9.49. The molecular formula is C14H17NO3S. The van der Waals surface area contributed by atoms with E-state index in [1.807, 2.05) is 17.8 Å². The number of amides is 1. The number of nitrogens with zero attached hydrogens (tertiary/aromatic N) is 1. The Balaban J connectivity index is 1.76. The first kappa shape index (κ1) is 12.7. The lowest BCUT2D eigenvalue weighted by molar-refractivity contribution is -0.0108. The fourth-order valence-electron chi connectivity index (χ4n) is 2.69. The fraction of sp³-hybridized carbons (Fsp3) is 0.500. The maximum Gasteiger partial charge on any atom is 0.414 e. The van der Waals surface area contributed by atoms with Crippen LogP contribution in [-0.2, 0) is 4.74 Å². The minimum absolute atomic E-state index is 0.166. The first-order valence-corrected chi connectivity index (χ1v) is 7.71. The summed E-state index contributed by atoms with van der Waals surface area (Å²) in [4.78, 5) is 13.8. The SMILES string of the molecule is O=C1OC2(CCSCC2)CCN1c1cccc(O)c1. The Morgan fingerprint density at radius 3 is 2.74 bits per heavy atom. The number of aromatic hydroxyl groups is 1. The molecule has 2 aliphatic rings. The first-order chi connectivity index (χ1) is 9.19. The highest BCUT2D eigenvalue weighted by atomic mass is 32.2. The number of hydrogen-bond donors (Lipinski definition) is 1. The van der Waals surface area contributed by atoms with Crippen LogP contribution in [0.4, 0.5) is 10.5 Å². The third kappa shape index (κ3) is 2.52. The lowest BCUT2D eigenvalue weighted by Crippen LogP contribution is -2.51. The number of phenols is 1. The fourth-order valence-corrected chi connectivity index (χ4v) is 3.93. The van der Waals surface area contributed by atoms with Crippen LogP contribution in [0.25, 0.3) is 0 Å². The molecule has 102 valence electrons. The maximum absolute atomic E-state index is 12.2. The molecule has 1 N–H and O–H groups in total. The van der Waals surface area contributed by atoms with E-state index < -0.39 is 0 Å². The third-order valence-corrected chi connectivity index (χ3v) is 4.85. The molecule has 0 bridgehead atoms. The van der Waals surface area contributed by atoms with Gasteiger partial charge in [-0.2, -0.15) is 11.8 Å². The zero-order chi connectivity index (χ0) is 13.3. The van der Waals surface area contributed by atoms with Crippen molar-refractivity contribution in [2.24, 2.45) is 0 Å². The number of benzene rings is 1. The number of rotatable bonds is 1. The lowest BCUT2D eigenvalue weighted by atomic mass is 9.91. The van der Waals surface area contributed by atoms with E-state index in [4.69, 9.17) is 4.74 Å². The molecule has 5 heteroatoms. The maximum atomic E-state index is 12.2. The Kier molecular flexibility index (Phi) is 3.31. The molecule has 0 unspecified atom stereocenters. The van der Waals surface area contributed by atoms with Gasteiger partial charge in [-0.25, -0.2) is 4.79 Å². The molecule has 2 saturated heterocycles. The van der Waals surface area contributed by atoms with Crippen LogP contribution in [0, 0.1) is 0 Å². The Labute approximate surface area is 116 Å². The summed E-state index contributed by atoms with van der Waals surface area (Å²) in [7, 11) is 0. The molecule has 19 heavy (non-hydrogen) atoms. The first-order valence-electron chi connectivity index (χ1n) is 6.56. The van der Waals surface area contributed by atoms with Crippen LogP contribution in [0.1, 0.15) is 19.3 Å². The van der Waals surface area contributed by atoms with E-state index in [2.05, 4.69) is 0 Å². The van der Waals surface area contributed by atoms with Crippen LogP contribution in [0.15, 0.2) is 24.3 Å². The van der Waals surface area contributed by atoms with Crippen LogP contribution < -0.4 is 4.90 Å². The molecule has 1 aromatic carbocycles. The van der Waals surface area contributed by atoms with Crippen molar-refractivity contribution in [2.45, 2.75) is 24.9 Å². The second-order valence-corrected chi connectivity index (χ2v) is 6.31. The average Bonchev–Trinajstić information content (AvgIpc) is 2.39. The van der Waals surface area contributed by atoms with Gasteiger partial charge in [-0.05, 0) is 36.5 Å². The largest absolute Gasteiger partial charge is 0.508 e. The molecule has 2 heterocycles. The quantitative estimate of drug-likeness (QED) is 0.858. The van der Waals surface area contributed by atoms with E-state index in [-0.39, 0.29) is 17.4 Å². The van der Waals surface area contributed by atoms with E-state index in [0.717, 1.165) is 30.8 Å². The van der Waals surface area contributed by atoms with E-state index in [1.54, 1.807) is 23.1 Å². The minimum Gasteiger partial charge on any atom is -0.508 e. The van der Waals surface area contributed by atoms with Gasteiger partial charge in [-0.1, -0.05) is 6.07 Å². The van der Waals surface area contributed by atoms with Crippen molar-refractivity contribution in [3.63, 3.8) is 0 Å². The van der Waals surface area contributed by atoms with Crippen molar-refractivity contribution in [1.29, 1.82) is 0 Å². The molecule has 2 fully saturated rings. The molecule has 4 nitrogen and oxygen atoms in total. The van der Waals surface area contributed by atoms with Gasteiger partial charge in [0.25, 0.3) is 0 Å². The van der Waals surface area contributed by atoms with Gasteiger partial charge in [0.15, 0.2) is 0 Å². The second kappa shape index (κ2) is 4.96. The molecule has 0 saturated carbocycles.